The second-order valence-corrected chi connectivity index (χ2v) is 5.46. The van der Waals surface area contributed by atoms with E-state index in [0.717, 1.165) is 19.5 Å². The van der Waals surface area contributed by atoms with Crippen molar-refractivity contribution in [3.63, 3.8) is 0 Å². The Morgan fingerprint density at radius 3 is 2.24 bits per heavy atom. The van der Waals surface area contributed by atoms with Crippen molar-refractivity contribution in [3.05, 3.63) is 65.7 Å². The van der Waals surface area contributed by atoms with Crippen LogP contribution in [0.5, 0.6) is 0 Å². The summed E-state index contributed by atoms with van der Waals surface area (Å²) in [5, 5.41) is 3.44. The molecule has 0 amide bonds. The molecule has 0 saturated carbocycles. The van der Waals surface area contributed by atoms with E-state index in [1.54, 1.807) is 0 Å². The lowest BCUT2D eigenvalue weighted by Crippen LogP contribution is -2.28. The largest absolute Gasteiger partial charge is 0.372 e. The van der Waals surface area contributed by atoms with Crippen LogP contribution in [0.3, 0.4) is 0 Å². The minimum absolute atomic E-state index is 0.406. The van der Waals surface area contributed by atoms with Crippen molar-refractivity contribution in [2.75, 3.05) is 25.0 Å². The number of hydrogen-bond acceptors (Lipinski definition) is 2. The summed E-state index contributed by atoms with van der Waals surface area (Å²) in [4.78, 5) is 2.43. The average Bonchev–Trinajstić information content (AvgIpc) is 2.54. The van der Waals surface area contributed by atoms with Gasteiger partial charge in [0.25, 0.3) is 0 Å². The summed E-state index contributed by atoms with van der Waals surface area (Å²) in [7, 11) is 2.04. The first kappa shape index (κ1) is 15.6. The van der Waals surface area contributed by atoms with Gasteiger partial charge in [-0.1, -0.05) is 48.0 Å². The van der Waals surface area contributed by atoms with Crippen molar-refractivity contribution in [1.82, 2.24) is 5.32 Å². The van der Waals surface area contributed by atoms with Crippen LogP contribution in [-0.4, -0.2) is 20.1 Å². The lowest BCUT2D eigenvalue weighted by molar-refractivity contribution is 0.543. The number of aryl methyl sites for hydroxylation is 1. The number of nitrogens with one attached hydrogen (secondary N) is 1. The molecule has 2 aromatic rings. The van der Waals surface area contributed by atoms with E-state index in [-0.39, 0.29) is 0 Å². The fraction of sp³-hybridized carbons (Fsp3) is 0.368. The molecule has 2 rings (SSSR count). The van der Waals surface area contributed by atoms with Crippen LogP contribution < -0.4 is 10.2 Å². The number of para-hydroxylation sites is 1. The molecule has 0 aliphatic carbocycles. The standard InChI is InChI=1S/C19H26N2/c1-4-21(18-8-6-5-7-9-18)15-14-19(20-3)17-12-10-16(2)11-13-17/h5-13,19-20H,4,14-15H2,1-3H3. The zero-order valence-electron chi connectivity index (χ0n) is 13.3. The van der Waals surface area contributed by atoms with E-state index in [0.29, 0.717) is 6.04 Å². The van der Waals surface area contributed by atoms with Crippen LogP contribution in [0.25, 0.3) is 0 Å². The molecule has 1 N–H and O–H groups in total. The third-order valence-corrected chi connectivity index (χ3v) is 4.02. The predicted octanol–water partition coefficient (Wildman–Crippen LogP) is 4.17. The summed E-state index contributed by atoms with van der Waals surface area (Å²) in [5.41, 5.74) is 3.99. The third-order valence-electron chi connectivity index (χ3n) is 4.02. The monoisotopic (exact) mass is 282 g/mol. The topological polar surface area (TPSA) is 15.3 Å². The lowest BCUT2D eigenvalue weighted by atomic mass is 10.0. The van der Waals surface area contributed by atoms with Gasteiger partial charge in [-0.25, -0.2) is 0 Å². The Labute approximate surface area is 128 Å². The van der Waals surface area contributed by atoms with Gasteiger partial charge in [0.2, 0.25) is 0 Å². The van der Waals surface area contributed by atoms with Gasteiger partial charge in [-0.3, -0.25) is 0 Å². The summed E-state index contributed by atoms with van der Waals surface area (Å²) >= 11 is 0. The van der Waals surface area contributed by atoms with Gasteiger partial charge >= 0.3 is 0 Å². The molecule has 0 aromatic heterocycles. The maximum absolute atomic E-state index is 3.44. The average molecular weight is 282 g/mol. The number of anilines is 1. The molecular weight excluding hydrogens is 256 g/mol. The maximum Gasteiger partial charge on any atom is 0.0366 e. The molecule has 21 heavy (non-hydrogen) atoms. The van der Waals surface area contributed by atoms with Crippen molar-refractivity contribution < 1.29 is 0 Å². The number of hydrogen-bond donors (Lipinski definition) is 1. The van der Waals surface area contributed by atoms with Gasteiger partial charge in [0.1, 0.15) is 0 Å². The minimum Gasteiger partial charge on any atom is -0.372 e. The van der Waals surface area contributed by atoms with Crippen molar-refractivity contribution in [2.45, 2.75) is 26.3 Å². The first-order valence-electron chi connectivity index (χ1n) is 7.78. The molecule has 1 atom stereocenters. The number of nitrogens with zero attached hydrogens (tertiary/aromatic N) is 1. The SMILES string of the molecule is CCN(CCC(NC)c1ccc(C)cc1)c1ccccc1. The summed E-state index contributed by atoms with van der Waals surface area (Å²) in [5.74, 6) is 0. The molecule has 0 saturated heterocycles. The predicted molar refractivity (Wildman–Crippen MR) is 91.9 cm³/mol. The second-order valence-electron chi connectivity index (χ2n) is 5.46. The summed E-state index contributed by atoms with van der Waals surface area (Å²) in [6, 6.07) is 19.9. The minimum atomic E-state index is 0.406. The van der Waals surface area contributed by atoms with E-state index < -0.39 is 0 Å². The van der Waals surface area contributed by atoms with Gasteiger partial charge < -0.3 is 10.2 Å². The lowest BCUT2D eigenvalue weighted by Gasteiger charge is -2.26. The van der Waals surface area contributed by atoms with Crippen LogP contribution in [0, 0.1) is 6.92 Å². The van der Waals surface area contributed by atoms with Gasteiger partial charge in [0.15, 0.2) is 0 Å². The first-order chi connectivity index (χ1) is 10.2. The Bertz CT molecular complexity index is 519. The van der Waals surface area contributed by atoms with Crippen molar-refractivity contribution in [1.29, 1.82) is 0 Å². The van der Waals surface area contributed by atoms with Gasteiger partial charge in [0.05, 0.1) is 0 Å². The summed E-state index contributed by atoms with van der Waals surface area (Å²) < 4.78 is 0. The Morgan fingerprint density at radius 2 is 1.67 bits per heavy atom. The van der Waals surface area contributed by atoms with Crippen LogP contribution in [0.1, 0.15) is 30.5 Å². The zero-order chi connectivity index (χ0) is 15.1. The summed E-state index contributed by atoms with van der Waals surface area (Å²) in [6.45, 7) is 6.44. The molecule has 0 bridgehead atoms. The second kappa shape index (κ2) is 7.84. The van der Waals surface area contributed by atoms with E-state index in [9.17, 15) is 0 Å². The normalized spacial score (nSPS) is 12.1. The van der Waals surface area contributed by atoms with Crippen LogP contribution >= 0.6 is 0 Å². The number of rotatable bonds is 7. The molecular formula is C19H26N2. The number of benzene rings is 2. The molecule has 2 aromatic carbocycles. The molecule has 2 nitrogen and oxygen atoms in total. The molecule has 0 fully saturated rings. The van der Waals surface area contributed by atoms with E-state index >= 15 is 0 Å². The van der Waals surface area contributed by atoms with Crippen LogP contribution in [0.4, 0.5) is 5.69 Å². The Balaban J connectivity index is 2.00. The van der Waals surface area contributed by atoms with E-state index in [1.807, 2.05) is 7.05 Å². The van der Waals surface area contributed by atoms with Crippen LogP contribution in [0.2, 0.25) is 0 Å². The Kier molecular flexibility index (Phi) is 5.82. The smallest absolute Gasteiger partial charge is 0.0366 e. The van der Waals surface area contributed by atoms with E-state index in [1.165, 1.54) is 16.8 Å². The Hall–Kier alpha value is -1.80. The van der Waals surface area contributed by atoms with Gasteiger partial charge in [-0.05, 0) is 45.0 Å². The van der Waals surface area contributed by atoms with Crippen molar-refractivity contribution in [3.8, 4) is 0 Å². The molecule has 1 unspecified atom stereocenters. The zero-order valence-corrected chi connectivity index (χ0v) is 13.3. The Morgan fingerprint density at radius 1 is 1.00 bits per heavy atom. The van der Waals surface area contributed by atoms with Crippen molar-refractivity contribution >= 4 is 5.69 Å². The quantitative estimate of drug-likeness (QED) is 0.820. The molecule has 0 aliphatic rings. The van der Waals surface area contributed by atoms with Gasteiger partial charge in [-0.15, -0.1) is 0 Å². The molecule has 0 radical (unpaired) electrons. The van der Waals surface area contributed by atoms with Gasteiger partial charge in [0, 0.05) is 24.8 Å². The fourth-order valence-corrected chi connectivity index (χ4v) is 2.67. The highest BCUT2D eigenvalue weighted by atomic mass is 15.1. The van der Waals surface area contributed by atoms with Crippen molar-refractivity contribution in [2.24, 2.45) is 0 Å². The summed E-state index contributed by atoms with van der Waals surface area (Å²) in [6.07, 6.45) is 1.10. The van der Waals surface area contributed by atoms with E-state index in [2.05, 4.69) is 78.7 Å². The molecule has 0 spiro atoms. The molecule has 2 heteroatoms. The highest BCUT2D eigenvalue weighted by Crippen LogP contribution is 2.20. The molecule has 112 valence electrons. The molecule has 0 heterocycles. The van der Waals surface area contributed by atoms with Crippen LogP contribution in [-0.2, 0) is 0 Å². The van der Waals surface area contributed by atoms with E-state index in [4.69, 9.17) is 0 Å². The highest BCUT2D eigenvalue weighted by molar-refractivity contribution is 5.45. The molecule has 0 aliphatic heterocycles. The third kappa shape index (κ3) is 4.33. The van der Waals surface area contributed by atoms with Gasteiger partial charge in [-0.2, -0.15) is 0 Å². The highest BCUT2D eigenvalue weighted by Gasteiger charge is 2.11. The maximum atomic E-state index is 3.44. The first-order valence-corrected chi connectivity index (χ1v) is 7.78. The fourth-order valence-electron chi connectivity index (χ4n) is 2.67. The van der Waals surface area contributed by atoms with Crippen LogP contribution in [0.15, 0.2) is 54.6 Å².